The third-order valence-corrected chi connectivity index (χ3v) is 8.55. The highest BCUT2D eigenvalue weighted by Gasteiger charge is 2.30. The molecule has 0 aromatic heterocycles. The van der Waals surface area contributed by atoms with Crippen LogP contribution in [0.4, 0.5) is 5.69 Å². The molecule has 0 atom stereocenters. The zero-order chi connectivity index (χ0) is 22.8. The first-order valence-corrected chi connectivity index (χ1v) is 13.4. The monoisotopic (exact) mass is 482 g/mol. The van der Waals surface area contributed by atoms with Crippen LogP contribution in [-0.2, 0) is 20.0 Å². The van der Waals surface area contributed by atoms with Crippen LogP contribution in [0.1, 0.15) is 26.2 Å². The number of benzene rings is 2. The van der Waals surface area contributed by atoms with E-state index in [0.717, 1.165) is 19.3 Å². The van der Waals surface area contributed by atoms with E-state index in [1.165, 1.54) is 40.7 Å². The fourth-order valence-corrected chi connectivity index (χ4v) is 6.44. The standard InChI is InChI=1S/C21H26N2O7S2/c1-2-28-19-8-6-16(14-21(19)32(26,27)23-10-4-3-5-11-23)22-31(24,25)17-7-9-18-20(15-17)30-13-12-29-18/h6-9,14-15,22H,2-5,10-13H2,1H3. The quantitative estimate of drug-likeness (QED) is 0.646. The Bertz CT molecular complexity index is 1190. The van der Waals surface area contributed by atoms with Gasteiger partial charge in [0.25, 0.3) is 10.0 Å². The van der Waals surface area contributed by atoms with Crippen molar-refractivity contribution in [3.8, 4) is 17.2 Å². The Morgan fingerprint density at radius 3 is 2.38 bits per heavy atom. The second-order valence-corrected chi connectivity index (χ2v) is 11.1. The number of anilines is 1. The van der Waals surface area contributed by atoms with Crippen molar-refractivity contribution >= 4 is 25.7 Å². The highest BCUT2D eigenvalue weighted by Crippen LogP contribution is 2.34. The average Bonchev–Trinajstić information content (AvgIpc) is 2.80. The maximum atomic E-state index is 13.3. The van der Waals surface area contributed by atoms with Gasteiger partial charge >= 0.3 is 0 Å². The van der Waals surface area contributed by atoms with Crippen molar-refractivity contribution in [2.24, 2.45) is 0 Å². The normalized spacial score (nSPS) is 17.0. The summed E-state index contributed by atoms with van der Waals surface area (Å²) in [7, 11) is -7.83. The minimum absolute atomic E-state index is 0.0175. The number of nitrogens with one attached hydrogen (secondary N) is 1. The summed E-state index contributed by atoms with van der Waals surface area (Å²) in [5.74, 6) is 1.02. The molecule has 1 saturated heterocycles. The van der Waals surface area contributed by atoms with Gasteiger partial charge < -0.3 is 14.2 Å². The molecule has 32 heavy (non-hydrogen) atoms. The molecule has 11 heteroatoms. The SMILES string of the molecule is CCOc1ccc(NS(=O)(=O)c2ccc3c(c2)OCCO3)cc1S(=O)(=O)N1CCCCC1. The molecule has 2 aromatic carbocycles. The number of hydrogen-bond acceptors (Lipinski definition) is 7. The van der Waals surface area contributed by atoms with Crippen LogP contribution in [0.3, 0.4) is 0 Å². The van der Waals surface area contributed by atoms with Gasteiger partial charge in [0.1, 0.15) is 23.9 Å². The lowest BCUT2D eigenvalue weighted by Gasteiger charge is -2.27. The Balaban J connectivity index is 1.66. The summed E-state index contributed by atoms with van der Waals surface area (Å²) >= 11 is 0. The Hall–Kier alpha value is -2.50. The molecule has 0 amide bonds. The third kappa shape index (κ3) is 4.64. The molecule has 0 spiro atoms. The molecule has 0 aliphatic carbocycles. The van der Waals surface area contributed by atoms with E-state index >= 15 is 0 Å². The molecule has 0 unspecified atom stereocenters. The molecular weight excluding hydrogens is 456 g/mol. The minimum Gasteiger partial charge on any atom is -0.492 e. The van der Waals surface area contributed by atoms with E-state index < -0.39 is 20.0 Å². The van der Waals surface area contributed by atoms with Gasteiger partial charge in [-0.05, 0) is 50.1 Å². The van der Waals surface area contributed by atoms with Crippen molar-refractivity contribution in [3.05, 3.63) is 36.4 Å². The summed E-state index contributed by atoms with van der Waals surface area (Å²) in [5, 5.41) is 0. The number of fused-ring (bicyclic) bond motifs is 1. The fraction of sp³-hybridized carbons (Fsp3) is 0.429. The highest BCUT2D eigenvalue weighted by atomic mass is 32.2. The highest BCUT2D eigenvalue weighted by molar-refractivity contribution is 7.92. The second-order valence-electron chi connectivity index (χ2n) is 7.47. The van der Waals surface area contributed by atoms with E-state index in [1.54, 1.807) is 6.92 Å². The Morgan fingerprint density at radius 2 is 1.66 bits per heavy atom. The molecule has 0 saturated carbocycles. The van der Waals surface area contributed by atoms with Crippen molar-refractivity contribution in [3.63, 3.8) is 0 Å². The maximum Gasteiger partial charge on any atom is 0.262 e. The molecule has 4 rings (SSSR count). The van der Waals surface area contributed by atoms with E-state index in [-0.39, 0.29) is 27.8 Å². The summed E-state index contributed by atoms with van der Waals surface area (Å²) in [4.78, 5) is -0.0697. The Labute approximate surface area is 188 Å². The first-order valence-electron chi connectivity index (χ1n) is 10.5. The summed E-state index contributed by atoms with van der Waals surface area (Å²) in [6.07, 6.45) is 2.57. The van der Waals surface area contributed by atoms with Crippen molar-refractivity contribution in [1.82, 2.24) is 4.31 Å². The topological polar surface area (TPSA) is 111 Å². The van der Waals surface area contributed by atoms with Crippen LogP contribution in [-0.4, -0.2) is 54.1 Å². The zero-order valence-electron chi connectivity index (χ0n) is 17.7. The number of piperidine rings is 1. The molecule has 1 N–H and O–H groups in total. The van der Waals surface area contributed by atoms with Crippen molar-refractivity contribution in [2.75, 3.05) is 37.6 Å². The van der Waals surface area contributed by atoms with Crippen LogP contribution in [0, 0.1) is 0 Å². The van der Waals surface area contributed by atoms with Crippen molar-refractivity contribution in [2.45, 2.75) is 36.0 Å². The first-order chi connectivity index (χ1) is 15.3. The summed E-state index contributed by atoms with van der Waals surface area (Å²) in [6, 6.07) is 8.60. The van der Waals surface area contributed by atoms with E-state index in [4.69, 9.17) is 14.2 Å². The first kappa shape index (κ1) is 22.7. The van der Waals surface area contributed by atoms with E-state index in [1.807, 2.05) is 0 Å². The Morgan fingerprint density at radius 1 is 0.938 bits per heavy atom. The largest absolute Gasteiger partial charge is 0.492 e. The van der Waals surface area contributed by atoms with Gasteiger partial charge in [0.05, 0.1) is 17.2 Å². The smallest absolute Gasteiger partial charge is 0.262 e. The third-order valence-electron chi connectivity index (χ3n) is 5.25. The molecular formula is C21H26N2O7S2. The average molecular weight is 483 g/mol. The number of hydrogen-bond donors (Lipinski definition) is 1. The molecule has 1 fully saturated rings. The van der Waals surface area contributed by atoms with Crippen LogP contribution < -0.4 is 18.9 Å². The van der Waals surface area contributed by atoms with E-state index in [0.29, 0.717) is 37.8 Å². The number of ether oxygens (including phenoxy) is 3. The van der Waals surface area contributed by atoms with E-state index in [2.05, 4.69) is 4.72 Å². The molecule has 2 aromatic rings. The lowest BCUT2D eigenvalue weighted by Crippen LogP contribution is -2.35. The van der Waals surface area contributed by atoms with Gasteiger partial charge in [0, 0.05) is 19.2 Å². The number of sulfonamides is 2. The van der Waals surface area contributed by atoms with Gasteiger partial charge in [-0.2, -0.15) is 4.31 Å². The maximum absolute atomic E-state index is 13.3. The molecule has 2 heterocycles. The molecule has 2 aliphatic heterocycles. The molecule has 0 radical (unpaired) electrons. The molecule has 0 bridgehead atoms. The Kier molecular flexibility index (Phi) is 6.50. The summed E-state index contributed by atoms with van der Waals surface area (Å²) in [5.41, 5.74) is 0.124. The predicted molar refractivity (Wildman–Crippen MR) is 118 cm³/mol. The van der Waals surface area contributed by atoms with Gasteiger partial charge in [0.2, 0.25) is 10.0 Å². The minimum atomic E-state index is -3.99. The zero-order valence-corrected chi connectivity index (χ0v) is 19.4. The summed E-state index contributed by atoms with van der Waals surface area (Å²) < 4.78 is 72.8. The van der Waals surface area contributed by atoms with Gasteiger partial charge in [-0.15, -0.1) is 0 Å². The van der Waals surface area contributed by atoms with Crippen LogP contribution >= 0.6 is 0 Å². The van der Waals surface area contributed by atoms with Gasteiger partial charge in [-0.25, -0.2) is 16.8 Å². The number of nitrogens with zero attached hydrogens (tertiary/aromatic N) is 1. The van der Waals surface area contributed by atoms with Crippen molar-refractivity contribution < 1.29 is 31.0 Å². The van der Waals surface area contributed by atoms with E-state index in [9.17, 15) is 16.8 Å². The van der Waals surface area contributed by atoms with Crippen LogP contribution in [0.2, 0.25) is 0 Å². The molecule has 9 nitrogen and oxygen atoms in total. The predicted octanol–water partition coefficient (Wildman–Crippen LogP) is 2.83. The second kappa shape index (κ2) is 9.16. The van der Waals surface area contributed by atoms with Crippen LogP contribution in [0.15, 0.2) is 46.2 Å². The lowest BCUT2D eigenvalue weighted by molar-refractivity contribution is 0.171. The van der Waals surface area contributed by atoms with Gasteiger partial charge in [-0.3, -0.25) is 4.72 Å². The lowest BCUT2D eigenvalue weighted by atomic mass is 10.2. The molecule has 2 aliphatic rings. The van der Waals surface area contributed by atoms with Crippen molar-refractivity contribution in [1.29, 1.82) is 0 Å². The van der Waals surface area contributed by atoms with Crippen LogP contribution in [0.5, 0.6) is 17.2 Å². The molecule has 174 valence electrons. The number of rotatable bonds is 7. The van der Waals surface area contributed by atoms with Crippen LogP contribution in [0.25, 0.3) is 0 Å². The van der Waals surface area contributed by atoms with Gasteiger partial charge in [-0.1, -0.05) is 6.42 Å². The van der Waals surface area contributed by atoms with Gasteiger partial charge in [0.15, 0.2) is 11.5 Å². The summed E-state index contributed by atoms with van der Waals surface area (Å²) in [6.45, 7) is 3.64. The fourth-order valence-electron chi connectivity index (χ4n) is 3.70.